The molecule has 2 N–H and O–H groups in total. The fourth-order valence-corrected chi connectivity index (χ4v) is 3.46. The van der Waals surface area contributed by atoms with Gasteiger partial charge in [0, 0.05) is 20.0 Å². The van der Waals surface area contributed by atoms with Crippen molar-refractivity contribution in [2.45, 2.75) is 26.2 Å². The molecule has 1 aliphatic heterocycles. The summed E-state index contributed by atoms with van der Waals surface area (Å²) in [5.41, 5.74) is 2.73. The molecule has 0 spiro atoms. The first-order chi connectivity index (χ1) is 13.8. The summed E-state index contributed by atoms with van der Waals surface area (Å²) in [4.78, 5) is 42.3. The highest BCUT2D eigenvalue weighted by Crippen LogP contribution is 2.26. The zero-order valence-corrected chi connectivity index (χ0v) is 17.1. The average molecular weight is 440 g/mol. The van der Waals surface area contributed by atoms with Crippen molar-refractivity contribution in [2.75, 3.05) is 18.4 Å². The fraction of sp³-hybridized carbons (Fsp3) is 0.333. The van der Waals surface area contributed by atoms with E-state index in [1.165, 1.54) is 25.3 Å². The summed E-state index contributed by atoms with van der Waals surface area (Å²) in [7, 11) is 0. The molecule has 0 bridgehead atoms. The first-order valence-corrected chi connectivity index (χ1v) is 9.70. The van der Waals surface area contributed by atoms with E-state index in [9.17, 15) is 14.4 Å². The van der Waals surface area contributed by atoms with Crippen molar-refractivity contribution < 1.29 is 19.2 Å². The molecule has 9 nitrogen and oxygen atoms in total. The third-order valence-corrected chi connectivity index (χ3v) is 4.81. The minimum Gasteiger partial charge on any atom is -0.320 e. The van der Waals surface area contributed by atoms with Gasteiger partial charge < -0.3 is 10.2 Å². The number of aromatic nitrogens is 2. The molecular formula is C18H19Cl2N5O4. The zero-order chi connectivity index (χ0) is 21.0. The fourth-order valence-electron chi connectivity index (χ4n) is 2.89. The van der Waals surface area contributed by atoms with Crippen LogP contribution in [0.4, 0.5) is 5.69 Å². The van der Waals surface area contributed by atoms with Crippen LogP contribution >= 0.6 is 23.2 Å². The molecule has 1 fully saturated rings. The Balaban J connectivity index is 1.85. The number of carbonyl (C=O) groups is 3. The number of anilines is 1. The largest absolute Gasteiger partial charge is 0.331 e. The second-order valence-corrected chi connectivity index (χ2v) is 7.23. The molecule has 2 amide bonds. The van der Waals surface area contributed by atoms with Crippen LogP contribution in [0.3, 0.4) is 0 Å². The van der Waals surface area contributed by atoms with Gasteiger partial charge in [0.05, 0.1) is 27.5 Å². The number of hydrazine groups is 1. The molecule has 0 radical (unpaired) electrons. The van der Waals surface area contributed by atoms with Crippen LogP contribution in [0.15, 0.2) is 24.4 Å². The first kappa shape index (κ1) is 21.1. The molecular weight excluding hydrogens is 421 g/mol. The maximum atomic E-state index is 12.7. The lowest BCUT2D eigenvalue weighted by Crippen LogP contribution is -2.45. The van der Waals surface area contributed by atoms with E-state index < -0.39 is 17.8 Å². The van der Waals surface area contributed by atoms with Gasteiger partial charge in [-0.15, -0.1) is 5.10 Å². The highest BCUT2D eigenvalue weighted by Gasteiger charge is 2.24. The van der Waals surface area contributed by atoms with E-state index >= 15 is 0 Å². The third kappa shape index (κ3) is 5.26. The molecule has 3 rings (SSSR count). The normalized spacial score (nSPS) is 14.3. The minimum absolute atomic E-state index is 0.0433. The van der Waals surface area contributed by atoms with Gasteiger partial charge >= 0.3 is 5.97 Å². The van der Waals surface area contributed by atoms with Gasteiger partial charge in [-0.2, -0.15) is 0 Å². The highest BCUT2D eigenvalue weighted by molar-refractivity contribution is 6.40. The molecule has 1 saturated heterocycles. The molecule has 1 aromatic carbocycles. The van der Waals surface area contributed by atoms with Crippen molar-refractivity contribution in [3.63, 3.8) is 0 Å². The van der Waals surface area contributed by atoms with E-state index in [-0.39, 0.29) is 27.0 Å². The molecule has 2 aromatic rings. The smallest absolute Gasteiger partial charge is 0.320 e. The average Bonchev–Trinajstić information content (AvgIpc) is 3.04. The van der Waals surface area contributed by atoms with E-state index in [4.69, 9.17) is 28.0 Å². The van der Waals surface area contributed by atoms with Crippen LogP contribution in [0, 0.1) is 0 Å². The van der Waals surface area contributed by atoms with Crippen molar-refractivity contribution >= 4 is 46.7 Å². The number of nitrogens with zero attached hydrogens (tertiary/aromatic N) is 3. The zero-order valence-electron chi connectivity index (χ0n) is 15.6. The number of piperidine rings is 1. The first-order valence-electron chi connectivity index (χ1n) is 8.95. The van der Waals surface area contributed by atoms with Crippen molar-refractivity contribution in [2.24, 2.45) is 0 Å². The Morgan fingerprint density at radius 3 is 2.34 bits per heavy atom. The Hall–Kier alpha value is -2.62. The van der Waals surface area contributed by atoms with E-state index in [2.05, 4.69) is 15.8 Å². The van der Waals surface area contributed by atoms with Gasteiger partial charge in [0.25, 0.3) is 11.8 Å². The van der Waals surface area contributed by atoms with Gasteiger partial charge in [0.1, 0.15) is 0 Å². The number of nitrogens with one attached hydrogen (secondary N) is 2. The summed E-state index contributed by atoms with van der Waals surface area (Å²) in [6, 6.07) is 4.65. The number of halogens is 2. The molecule has 0 atom stereocenters. The summed E-state index contributed by atoms with van der Waals surface area (Å²) in [5, 5.41) is 8.61. The predicted octanol–water partition coefficient (Wildman–Crippen LogP) is 2.55. The summed E-state index contributed by atoms with van der Waals surface area (Å²) >= 11 is 12.1. The van der Waals surface area contributed by atoms with Crippen LogP contribution in [-0.4, -0.2) is 45.8 Å². The quantitative estimate of drug-likeness (QED) is 0.741. The van der Waals surface area contributed by atoms with Crippen LogP contribution < -0.4 is 15.6 Å². The summed E-state index contributed by atoms with van der Waals surface area (Å²) in [5.74, 6) is -1.81. The highest BCUT2D eigenvalue weighted by atomic mass is 35.5. The number of carbonyl (C=O) groups excluding carboxylic acids is 3. The monoisotopic (exact) mass is 439 g/mol. The number of rotatable bonds is 5. The molecule has 2 heterocycles. The van der Waals surface area contributed by atoms with Gasteiger partial charge in [-0.3, -0.25) is 15.0 Å². The minimum atomic E-state index is -0.637. The van der Waals surface area contributed by atoms with Crippen molar-refractivity contribution in [1.82, 2.24) is 20.4 Å². The van der Waals surface area contributed by atoms with Crippen molar-refractivity contribution in [3.05, 3.63) is 45.7 Å². The molecule has 1 aromatic heterocycles. The summed E-state index contributed by atoms with van der Waals surface area (Å²) in [6.07, 6.45) is 4.26. The molecule has 154 valence electrons. The summed E-state index contributed by atoms with van der Waals surface area (Å²) < 4.78 is 0. The molecule has 0 aliphatic carbocycles. The van der Waals surface area contributed by atoms with E-state index in [1.54, 1.807) is 11.1 Å². The van der Waals surface area contributed by atoms with Gasteiger partial charge in [-0.25, -0.2) is 9.80 Å². The van der Waals surface area contributed by atoms with Crippen LogP contribution in [0.1, 0.15) is 47.0 Å². The Bertz CT molecular complexity index is 920. The molecule has 11 heteroatoms. The van der Waals surface area contributed by atoms with Crippen molar-refractivity contribution in [1.29, 1.82) is 0 Å². The van der Waals surface area contributed by atoms with Crippen molar-refractivity contribution in [3.8, 4) is 0 Å². The molecule has 0 unspecified atom stereocenters. The van der Waals surface area contributed by atoms with E-state index in [0.717, 1.165) is 24.1 Å². The molecule has 29 heavy (non-hydrogen) atoms. The SMILES string of the molecule is CC(=O)On1cc(NC(=O)c2c(Cl)cccc2Cl)c(C(=O)NN2CCCCC2)n1. The van der Waals surface area contributed by atoms with E-state index in [1.807, 2.05) is 0 Å². The maximum Gasteiger partial charge on any atom is 0.331 e. The number of amides is 2. The lowest BCUT2D eigenvalue weighted by atomic mass is 10.2. The van der Waals surface area contributed by atoms with Crippen LogP contribution in [0.25, 0.3) is 0 Å². The number of hydrogen-bond acceptors (Lipinski definition) is 6. The Kier molecular flexibility index (Phi) is 6.73. The number of hydrogen-bond donors (Lipinski definition) is 2. The van der Waals surface area contributed by atoms with Gasteiger partial charge in [0.15, 0.2) is 5.69 Å². The van der Waals surface area contributed by atoms with E-state index in [0.29, 0.717) is 13.1 Å². The van der Waals surface area contributed by atoms with Crippen LogP contribution in [-0.2, 0) is 4.79 Å². The predicted molar refractivity (Wildman–Crippen MR) is 107 cm³/mol. The lowest BCUT2D eigenvalue weighted by Gasteiger charge is -2.26. The van der Waals surface area contributed by atoms with Crippen LogP contribution in [0.2, 0.25) is 10.0 Å². The maximum absolute atomic E-state index is 12.7. The Morgan fingerprint density at radius 2 is 1.72 bits per heavy atom. The number of benzene rings is 1. The molecule has 0 saturated carbocycles. The Morgan fingerprint density at radius 1 is 1.07 bits per heavy atom. The van der Waals surface area contributed by atoms with Gasteiger partial charge in [-0.05, 0) is 25.0 Å². The lowest BCUT2D eigenvalue weighted by molar-refractivity contribution is -0.143. The van der Waals surface area contributed by atoms with Gasteiger partial charge in [0.2, 0.25) is 0 Å². The van der Waals surface area contributed by atoms with Gasteiger partial charge in [-0.1, -0.05) is 40.5 Å². The Labute approximate surface area is 176 Å². The molecule has 1 aliphatic rings. The third-order valence-electron chi connectivity index (χ3n) is 4.18. The van der Waals surface area contributed by atoms with Crippen LogP contribution in [0.5, 0.6) is 0 Å². The second kappa shape index (κ2) is 9.25. The standard InChI is InChI=1S/C18H19Cl2N5O4/c1-11(26)29-25-10-14(21-17(27)15-12(19)6-5-7-13(15)20)16(22-25)18(28)23-24-8-3-2-4-9-24/h5-7,10H,2-4,8-9H2,1H3,(H,21,27)(H,23,28). The topological polar surface area (TPSA) is 106 Å². The second-order valence-electron chi connectivity index (χ2n) is 6.42. The summed E-state index contributed by atoms with van der Waals surface area (Å²) in [6.45, 7) is 2.62.